The second-order valence-corrected chi connectivity index (χ2v) is 33.7. The van der Waals surface area contributed by atoms with E-state index in [1.165, 1.54) is 43.8 Å². The van der Waals surface area contributed by atoms with Crippen LogP contribution in [0.4, 0.5) is 0 Å². The van der Waals surface area contributed by atoms with E-state index in [1.54, 1.807) is 20.0 Å². The van der Waals surface area contributed by atoms with E-state index in [9.17, 15) is 126 Å². The number of carbonyl (C=O) groups excluding carboxylic acids is 19. The number of aliphatic hydroxyl groups is 3. The number of amides is 19. The van der Waals surface area contributed by atoms with Crippen molar-refractivity contribution in [2.24, 2.45) is 17.4 Å². The quantitative estimate of drug-likeness (QED) is 0.0125. The molecular formula is C83H125N25O26. The van der Waals surface area contributed by atoms with Crippen LogP contribution in [0.15, 0.2) is 12.5 Å². The van der Waals surface area contributed by atoms with Crippen molar-refractivity contribution in [3.05, 3.63) is 18.2 Å². The third kappa shape index (κ3) is 31.2. The summed E-state index contributed by atoms with van der Waals surface area (Å²) in [4.78, 5) is 298. The van der Waals surface area contributed by atoms with Crippen molar-refractivity contribution in [3.8, 4) is 24.7 Å². The van der Waals surface area contributed by atoms with Crippen molar-refractivity contribution in [2.75, 3.05) is 59.0 Å². The van der Waals surface area contributed by atoms with Gasteiger partial charge < -0.3 is 146 Å². The lowest BCUT2D eigenvalue weighted by Gasteiger charge is -2.33. The Balaban J connectivity index is 1.01. The molecule has 0 saturated carbocycles. The maximum absolute atomic E-state index is 14.7. The van der Waals surface area contributed by atoms with Crippen LogP contribution in [0, 0.1) is 36.0 Å². The highest BCUT2D eigenvalue weighted by atomic mass is 16.4. The number of imidazole rings is 1. The van der Waals surface area contributed by atoms with Crippen molar-refractivity contribution >= 4 is 130 Å². The second kappa shape index (κ2) is 51.9. The number of likely N-dealkylation sites (tertiary alicyclic amines) is 5. The molecule has 19 amide bonds. The van der Waals surface area contributed by atoms with Crippen LogP contribution in [0.1, 0.15) is 157 Å². The lowest BCUT2D eigenvalue weighted by Crippen LogP contribution is -2.62. The van der Waals surface area contributed by atoms with Crippen LogP contribution in [0.5, 0.6) is 0 Å². The minimum atomic E-state index is -2.03. The Morgan fingerprint density at radius 2 is 0.866 bits per heavy atom. The zero-order valence-electron chi connectivity index (χ0n) is 75.8. The van der Waals surface area contributed by atoms with Gasteiger partial charge in [-0.3, -0.25) is 106 Å². The van der Waals surface area contributed by atoms with Crippen LogP contribution in [0.2, 0.25) is 0 Å². The number of aromatic nitrogens is 2. The summed E-state index contributed by atoms with van der Waals surface area (Å²) in [5.74, 6) is -17.1. The molecule has 6 heterocycles. The standard InChI is InChI=1S/C83H125N25O26/c1-11-19-49(97-67(118)50(20-12-2)98-74(125)62(40(3)4)101-60(113)37-89-65(116)48(84)33-47-35-87-39-91-47)66(117)92-41(5)77(128)105-29-15-25-57(105)73(124)100-52(34-61(114)115)68(119)102-64(46(10)111)76(127)99-51(21-13-27-88-83(85)86)80(131)106-30-16-23-55(106)71(122)93-42(6)78(129)104-28-14-22-54(104)70(121)90-36-59(112)96-53(38-109)69(120)103-63(45(9)110)75(126)94-43(7)79(130)108-32-18-26-58(108)81(132)107-31-17-24-56(107)72(123)95-44(8)82(133)134/h1-2,35,39-46,48-58,62-64,109-111H,13-34,36-38,84H2,3-10H3,(H,87,91)(H,89,116)(H,90,121)(H,92,117)(H,93,122)(H,94,126)(H,95,123)(H,96,112)(H,97,118)(H,98,125)(H,99,127)(H,100,124)(H,101,113)(H,102,119)(H,103,120)(H,114,115)(H,133,134)(H4,85,86,88)/t41-,42-,43-,44-,45+,46+,48-,49-,50-,51-,52-,53-,54-,55-,56-,57-,58-,62-,63-,64-/m0/s1. The summed E-state index contributed by atoms with van der Waals surface area (Å²) in [6.45, 7) is 7.93. The Kier molecular flexibility index (Phi) is 42.3. The van der Waals surface area contributed by atoms with Crippen molar-refractivity contribution in [2.45, 2.75) is 279 Å². The zero-order valence-corrected chi connectivity index (χ0v) is 75.8. The van der Waals surface area contributed by atoms with Crippen LogP contribution in [-0.2, 0) is 107 Å². The molecule has 738 valence electrons. The molecule has 26 N–H and O–H groups in total. The Morgan fingerprint density at radius 3 is 1.34 bits per heavy atom. The summed E-state index contributed by atoms with van der Waals surface area (Å²) < 4.78 is 0. The molecule has 51 heteroatoms. The Bertz CT molecular complexity index is 4560. The molecule has 0 radical (unpaired) electrons. The first kappa shape index (κ1) is 109. The van der Waals surface area contributed by atoms with E-state index in [-0.39, 0.29) is 110 Å². The fourth-order valence-corrected chi connectivity index (χ4v) is 15.8. The van der Waals surface area contributed by atoms with Crippen molar-refractivity contribution < 1.29 is 126 Å². The van der Waals surface area contributed by atoms with Gasteiger partial charge in [0.05, 0.1) is 56.4 Å². The fourth-order valence-electron chi connectivity index (χ4n) is 15.8. The lowest BCUT2D eigenvalue weighted by atomic mass is 10.0. The van der Waals surface area contributed by atoms with Gasteiger partial charge in [-0.15, -0.1) is 24.7 Å². The second-order valence-electron chi connectivity index (χ2n) is 33.7. The summed E-state index contributed by atoms with van der Waals surface area (Å²) in [7, 11) is 0. The molecule has 0 aromatic carbocycles. The summed E-state index contributed by atoms with van der Waals surface area (Å²) in [5.41, 5.74) is 11.9. The maximum Gasteiger partial charge on any atom is 0.325 e. The molecule has 51 nitrogen and oxygen atoms in total. The number of aliphatic hydroxyl groups excluding tert-OH is 3. The van der Waals surface area contributed by atoms with Crippen LogP contribution < -0.4 is 91.2 Å². The molecule has 0 spiro atoms. The third-order valence-corrected chi connectivity index (χ3v) is 23.0. The number of carboxylic acids is 2. The van der Waals surface area contributed by atoms with Gasteiger partial charge >= 0.3 is 11.9 Å². The summed E-state index contributed by atoms with van der Waals surface area (Å²) in [6, 6.07) is -26.1. The number of rotatable bonds is 48. The van der Waals surface area contributed by atoms with Crippen LogP contribution in [0.3, 0.4) is 0 Å². The number of hydrogen-bond donors (Lipinski definition) is 24. The molecular weight excluding hydrogens is 1760 g/mol. The van der Waals surface area contributed by atoms with Crippen molar-refractivity contribution in [1.82, 2.24) is 114 Å². The van der Waals surface area contributed by atoms with Gasteiger partial charge in [-0.1, -0.05) is 13.8 Å². The molecule has 6 rings (SSSR count). The van der Waals surface area contributed by atoms with E-state index in [1.807, 2.05) is 0 Å². The molecule has 0 aliphatic carbocycles. The number of nitrogens with one attached hydrogen (secondary N) is 17. The highest BCUT2D eigenvalue weighted by Crippen LogP contribution is 2.28. The molecule has 5 aliphatic rings. The van der Waals surface area contributed by atoms with Crippen LogP contribution >= 0.6 is 0 Å². The van der Waals surface area contributed by atoms with Gasteiger partial charge in [0.15, 0.2) is 5.96 Å². The van der Waals surface area contributed by atoms with Crippen molar-refractivity contribution in [1.29, 1.82) is 5.41 Å². The third-order valence-electron chi connectivity index (χ3n) is 23.0. The first-order valence-corrected chi connectivity index (χ1v) is 44.1. The Hall–Kier alpha value is -13.7. The number of terminal acetylenes is 2. The Morgan fingerprint density at radius 1 is 0.463 bits per heavy atom. The number of aliphatic carboxylic acids is 2. The van der Waals surface area contributed by atoms with E-state index in [4.69, 9.17) is 29.7 Å². The molecule has 20 atom stereocenters. The average Bonchev–Trinajstić information content (AvgIpc) is 1.65. The monoisotopic (exact) mass is 1890 g/mol. The van der Waals surface area contributed by atoms with Gasteiger partial charge in [-0.05, 0) is 125 Å². The Labute approximate surface area is 771 Å². The van der Waals surface area contributed by atoms with Crippen molar-refractivity contribution in [3.63, 3.8) is 0 Å². The largest absolute Gasteiger partial charge is 0.481 e. The summed E-state index contributed by atoms with van der Waals surface area (Å²) >= 11 is 0. The van der Waals surface area contributed by atoms with E-state index in [0.29, 0.717) is 18.5 Å². The summed E-state index contributed by atoms with van der Waals surface area (Å²) in [6.07, 6.45) is 10.3. The fraction of sp³-hybridized carbons (Fsp3) is 0.651. The van der Waals surface area contributed by atoms with Gasteiger partial charge in [-0.2, -0.15) is 0 Å². The number of H-pyrrole nitrogens is 1. The number of nitrogens with zero attached hydrogens (tertiary/aromatic N) is 6. The van der Waals surface area contributed by atoms with Crippen LogP contribution in [0.25, 0.3) is 0 Å². The number of guanidine groups is 1. The highest BCUT2D eigenvalue weighted by Gasteiger charge is 2.48. The molecule has 1 aromatic heterocycles. The normalized spacial score (nSPS) is 20.1. The molecule has 5 fully saturated rings. The molecule has 1 aromatic rings. The van der Waals surface area contributed by atoms with E-state index in [0.717, 1.165) is 28.5 Å². The average molecular weight is 1890 g/mol. The number of carboxylic acid groups (broad SMARTS) is 2. The van der Waals surface area contributed by atoms with E-state index >= 15 is 0 Å². The first-order chi connectivity index (χ1) is 63.2. The van der Waals surface area contributed by atoms with Gasteiger partial charge in [0.25, 0.3) is 0 Å². The molecule has 5 aliphatic heterocycles. The predicted molar refractivity (Wildman–Crippen MR) is 467 cm³/mol. The smallest absolute Gasteiger partial charge is 0.325 e. The molecule has 0 unspecified atom stereocenters. The van der Waals surface area contributed by atoms with Gasteiger partial charge in [0, 0.05) is 64.7 Å². The molecule has 5 saturated heterocycles. The van der Waals surface area contributed by atoms with Gasteiger partial charge in [0.1, 0.15) is 103 Å². The van der Waals surface area contributed by atoms with E-state index < -0.39 is 296 Å². The highest BCUT2D eigenvalue weighted by molar-refractivity contribution is 6.03. The SMILES string of the molecule is C#CC[C@H](NC(=O)[C@H](CC#C)NC(=O)[C@@H](NC(=O)CNC(=O)[C@@H](N)Cc1c[nH]cn1)C(C)C)C(=O)N[C@@H](C)C(=O)N1CCC[C@H]1C(=O)N[C@@H](CC(=O)O)C(=O)N[C@H](C(=O)N[C@@H](CCCNC(=N)N)C(=O)N1CCC[C@H]1C(=O)N[C@@H](C)C(=O)N1CCC[C@H]1C(=O)NCC(=O)N[C@@H](CO)C(=O)N[C@H](C(=O)N[C@@H](C)C(=O)N1CCC[C@H]1C(=O)N1CCC[C@H]1C(=O)N[C@@H](C)C(=O)O)[C@@H](C)O)[C@@H](C)O. The predicted octanol–water partition coefficient (Wildman–Crippen LogP) is -11.4. The topological polar surface area (TPSA) is 761 Å². The van der Waals surface area contributed by atoms with Crippen LogP contribution in [-0.4, -0.2) is 370 Å². The lowest BCUT2D eigenvalue weighted by molar-refractivity contribution is -0.148. The zero-order chi connectivity index (χ0) is 99.8. The number of aromatic amines is 1. The summed E-state index contributed by atoms with van der Waals surface area (Å²) in [5, 5.41) is 94.7. The van der Waals surface area contributed by atoms with Gasteiger partial charge in [-0.25, -0.2) is 4.98 Å². The minimum Gasteiger partial charge on any atom is -0.481 e. The molecule has 134 heavy (non-hydrogen) atoms. The first-order valence-electron chi connectivity index (χ1n) is 44.1. The number of nitrogens with two attached hydrogens (primary N) is 2. The number of hydrogen-bond acceptors (Lipinski definition) is 27. The maximum atomic E-state index is 14.7. The minimum absolute atomic E-state index is 0.000356. The number of carbonyl (C=O) groups is 21. The molecule has 0 bridgehead atoms. The van der Waals surface area contributed by atoms with E-state index in [2.05, 4.69) is 102 Å². The van der Waals surface area contributed by atoms with Gasteiger partial charge in [0.2, 0.25) is 112 Å².